The number of nitrogens with zero attached hydrogens (tertiary/aromatic N) is 1. The van der Waals surface area contributed by atoms with Crippen molar-refractivity contribution in [3.63, 3.8) is 0 Å². The summed E-state index contributed by atoms with van der Waals surface area (Å²) in [5, 5.41) is 3.09. The molecule has 0 aliphatic carbocycles. The monoisotopic (exact) mass is 268 g/mol. The predicted octanol–water partition coefficient (Wildman–Crippen LogP) is 2.83. The minimum atomic E-state index is -0.292. The Labute approximate surface area is 115 Å². The molecule has 0 saturated heterocycles. The lowest BCUT2D eigenvalue weighted by Crippen LogP contribution is -2.28. The van der Waals surface area contributed by atoms with Crippen molar-refractivity contribution in [1.29, 1.82) is 0 Å². The fourth-order valence-corrected chi connectivity index (χ4v) is 1.89. The van der Waals surface area contributed by atoms with Gasteiger partial charge < -0.3 is 15.0 Å². The van der Waals surface area contributed by atoms with Gasteiger partial charge in [0.2, 0.25) is 0 Å². The topological polar surface area (TPSA) is 24.5 Å². The molecule has 1 aromatic rings. The summed E-state index contributed by atoms with van der Waals surface area (Å²) >= 11 is 0. The van der Waals surface area contributed by atoms with E-state index in [4.69, 9.17) is 4.74 Å². The van der Waals surface area contributed by atoms with Gasteiger partial charge in [0.25, 0.3) is 0 Å². The van der Waals surface area contributed by atoms with E-state index in [1.165, 1.54) is 6.07 Å². The number of hydrogen-bond acceptors (Lipinski definition) is 3. The molecule has 1 N–H and O–H groups in total. The van der Waals surface area contributed by atoms with Crippen LogP contribution >= 0.6 is 0 Å². The van der Waals surface area contributed by atoms with Crippen LogP contribution in [0.15, 0.2) is 18.2 Å². The van der Waals surface area contributed by atoms with Gasteiger partial charge in [-0.25, -0.2) is 4.39 Å². The number of halogens is 1. The number of likely N-dealkylation sites (N-methyl/N-ethyl adjacent to an activating group) is 1. The van der Waals surface area contributed by atoms with Crippen LogP contribution in [0.1, 0.15) is 32.4 Å². The average Bonchev–Trinajstić information content (AvgIpc) is 2.44. The fourth-order valence-electron chi connectivity index (χ4n) is 1.89. The lowest BCUT2D eigenvalue weighted by Gasteiger charge is -2.18. The minimum absolute atomic E-state index is 0.138. The largest absolute Gasteiger partial charge is 0.489 e. The molecule has 0 aliphatic heterocycles. The van der Waals surface area contributed by atoms with E-state index in [0.29, 0.717) is 12.4 Å². The summed E-state index contributed by atoms with van der Waals surface area (Å²) in [5.74, 6) is 0.0401. The fraction of sp³-hybridized carbons (Fsp3) is 0.600. The third-order valence-corrected chi connectivity index (χ3v) is 3.45. The molecule has 3 nitrogen and oxygen atoms in total. The smallest absolute Gasteiger partial charge is 0.165 e. The van der Waals surface area contributed by atoms with Crippen LogP contribution in [0.2, 0.25) is 0 Å². The first-order valence-electron chi connectivity index (χ1n) is 6.94. The number of hydrogen-bond donors (Lipinski definition) is 1. The van der Waals surface area contributed by atoms with Crippen LogP contribution in [-0.2, 0) is 0 Å². The van der Waals surface area contributed by atoms with Crippen LogP contribution in [0, 0.1) is 5.82 Å². The first kappa shape index (κ1) is 15.9. The Morgan fingerprint density at radius 1 is 1.32 bits per heavy atom. The Morgan fingerprint density at radius 3 is 2.53 bits per heavy atom. The van der Waals surface area contributed by atoms with Gasteiger partial charge in [-0.1, -0.05) is 19.9 Å². The highest BCUT2D eigenvalue weighted by Gasteiger charge is 2.09. The van der Waals surface area contributed by atoms with E-state index >= 15 is 0 Å². The maximum absolute atomic E-state index is 13.9. The van der Waals surface area contributed by atoms with Crippen molar-refractivity contribution >= 4 is 0 Å². The summed E-state index contributed by atoms with van der Waals surface area (Å²) in [6.07, 6.45) is 0. The number of rotatable bonds is 8. The molecule has 1 unspecified atom stereocenters. The Morgan fingerprint density at radius 2 is 2.00 bits per heavy atom. The van der Waals surface area contributed by atoms with Crippen molar-refractivity contribution in [3.05, 3.63) is 29.6 Å². The molecule has 0 aliphatic rings. The lowest BCUT2D eigenvalue weighted by atomic mass is 10.1. The maximum Gasteiger partial charge on any atom is 0.165 e. The SMILES string of the molecule is CCN(CC)CCOc1ccc(C(C)NC)cc1F. The van der Waals surface area contributed by atoms with Gasteiger partial charge in [-0.15, -0.1) is 0 Å². The third-order valence-electron chi connectivity index (χ3n) is 3.45. The first-order valence-corrected chi connectivity index (χ1v) is 6.94. The van der Waals surface area contributed by atoms with Crippen molar-refractivity contribution in [2.75, 3.05) is 33.3 Å². The molecule has 0 saturated carbocycles. The van der Waals surface area contributed by atoms with E-state index < -0.39 is 0 Å². The summed E-state index contributed by atoms with van der Waals surface area (Å²) in [6, 6.07) is 5.28. The predicted molar refractivity (Wildman–Crippen MR) is 77.2 cm³/mol. The minimum Gasteiger partial charge on any atom is -0.489 e. The zero-order chi connectivity index (χ0) is 14.3. The van der Waals surface area contributed by atoms with Gasteiger partial charge in [0.1, 0.15) is 6.61 Å². The molecule has 0 heterocycles. The second kappa shape index (κ2) is 8.12. The van der Waals surface area contributed by atoms with Crippen LogP contribution in [0.5, 0.6) is 5.75 Å². The van der Waals surface area contributed by atoms with Gasteiger partial charge in [0, 0.05) is 12.6 Å². The quantitative estimate of drug-likeness (QED) is 0.784. The molecule has 0 fully saturated rings. The molecule has 1 aromatic carbocycles. The highest BCUT2D eigenvalue weighted by molar-refractivity contribution is 5.30. The Kier molecular flexibility index (Phi) is 6.81. The van der Waals surface area contributed by atoms with Gasteiger partial charge in [0.15, 0.2) is 11.6 Å². The van der Waals surface area contributed by atoms with Crippen molar-refractivity contribution in [3.8, 4) is 5.75 Å². The van der Waals surface area contributed by atoms with Crippen LogP contribution in [0.4, 0.5) is 4.39 Å². The molecule has 0 radical (unpaired) electrons. The zero-order valence-corrected chi connectivity index (χ0v) is 12.4. The highest BCUT2D eigenvalue weighted by atomic mass is 19.1. The van der Waals surface area contributed by atoms with Crippen molar-refractivity contribution < 1.29 is 9.13 Å². The summed E-state index contributed by atoms with van der Waals surface area (Å²) in [6.45, 7) is 9.52. The van der Waals surface area contributed by atoms with E-state index in [-0.39, 0.29) is 11.9 Å². The number of ether oxygens (including phenoxy) is 1. The van der Waals surface area contributed by atoms with Gasteiger partial charge >= 0.3 is 0 Å². The number of nitrogens with one attached hydrogen (secondary N) is 1. The zero-order valence-electron chi connectivity index (χ0n) is 12.4. The van der Waals surface area contributed by atoms with Gasteiger partial charge in [0.05, 0.1) is 0 Å². The summed E-state index contributed by atoms with van der Waals surface area (Å²) < 4.78 is 19.4. The number of benzene rings is 1. The van der Waals surface area contributed by atoms with Crippen LogP contribution in [0.3, 0.4) is 0 Å². The second-order valence-corrected chi connectivity index (χ2v) is 4.58. The Balaban J connectivity index is 2.55. The molecule has 0 aromatic heterocycles. The molecular weight excluding hydrogens is 243 g/mol. The second-order valence-electron chi connectivity index (χ2n) is 4.58. The molecule has 0 bridgehead atoms. The van der Waals surface area contributed by atoms with Crippen molar-refractivity contribution in [2.24, 2.45) is 0 Å². The molecule has 108 valence electrons. The van der Waals surface area contributed by atoms with E-state index in [1.807, 2.05) is 20.0 Å². The molecular formula is C15H25FN2O. The van der Waals surface area contributed by atoms with Gasteiger partial charge in [-0.05, 0) is 44.8 Å². The van der Waals surface area contributed by atoms with Gasteiger partial charge in [-0.2, -0.15) is 0 Å². The maximum atomic E-state index is 13.9. The molecule has 1 atom stereocenters. The Bertz CT molecular complexity index is 380. The first-order chi connectivity index (χ1) is 9.12. The molecule has 1 rings (SSSR count). The molecule has 4 heteroatoms. The van der Waals surface area contributed by atoms with Crippen molar-refractivity contribution in [2.45, 2.75) is 26.8 Å². The summed E-state index contributed by atoms with van der Waals surface area (Å²) in [7, 11) is 1.86. The standard InChI is InChI=1S/C15H25FN2O/c1-5-18(6-2)9-10-19-15-8-7-13(11-14(15)16)12(3)17-4/h7-8,11-12,17H,5-6,9-10H2,1-4H3. The van der Waals surface area contributed by atoms with Crippen LogP contribution in [0.25, 0.3) is 0 Å². The third kappa shape index (κ3) is 4.80. The van der Waals surface area contributed by atoms with E-state index in [1.54, 1.807) is 6.07 Å². The summed E-state index contributed by atoms with van der Waals surface area (Å²) in [4.78, 5) is 2.25. The molecule has 0 amide bonds. The summed E-state index contributed by atoms with van der Waals surface area (Å²) in [5.41, 5.74) is 0.927. The average molecular weight is 268 g/mol. The highest BCUT2D eigenvalue weighted by Crippen LogP contribution is 2.21. The lowest BCUT2D eigenvalue weighted by molar-refractivity contribution is 0.217. The van der Waals surface area contributed by atoms with Crippen LogP contribution in [-0.4, -0.2) is 38.2 Å². The van der Waals surface area contributed by atoms with Gasteiger partial charge in [-0.3, -0.25) is 0 Å². The van der Waals surface area contributed by atoms with E-state index in [0.717, 1.165) is 25.2 Å². The van der Waals surface area contributed by atoms with Crippen LogP contribution < -0.4 is 10.1 Å². The Hall–Kier alpha value is -1.13. The normalized spacial score (nSPS) is 12.7. The van der Waals surface area contributed by atoms with E-state index in [2.05, 4.69) is 24.1 Å². The van der Waals surface area contributed by atoms with Crippen molar-refractivity contribution in [1.82, 2.24) is 10.2 Å². The molecule has 0 spiro atoms. The molecule has 19 heavy (non-hydrogen) atoms. The van der Waals surface area contributed by atoms with E-state index in [9.17, 15) is 4.39 Å².